The van der Waals surface area contributed by atoms with E-state index in [0.29, 0.717) is 6.04 Å². The molecule has 0 heterocycles. The second-order valence-electron chi connectivity index (χ2n) is 3.26. The minimum atomic E-state index is 0.102. The fourth-order valence-corrected chi connectivity index (χ4v) is 1.61. The highest BCUT2D eigenvalue weighted by atomic mass is 32.2. The molecule has 68 valence electrons. The number of hydrogen-bond acceptors (Lipinski definition) is 3. The number of nitriles is 1. The highest BCUT2D eigenvalue weighted by Gasteiger charge is 2.23. The molecule has 1 unspecified atom stereocenters. The van der Waals surface area contributed by atoms with Crippen LogP contribution in [0.4, 0.5) is 0 Å². The van der Waals surface area contributed by atoms with E-state index in [1.54, 1.807) is 0 Å². The van der Waals surface area contributed by atoms with Gasteiger partial charge >= 0.3 is 0 Å². The van der Waals surface area contributed by atoms with Crippen LogP contribution >= 0.6 is 11.8 Å². The molecule has 1 rings (SSSR count). The number of hydrogen-bond donors (Lipinski definition) is 1. The van der Waals surface area contributed by atoms with Crippen molar-refractivity contribution in [1.29, 1.82) is 5.26 Å². The molecule has 0 aromatic carbocycles. The van der Waals surface area contributed by atoms with Crippen LogP contribution < -0.4 is 5.32 Å². The molecule has 1 aliphatic carbocycles. The molecule has 0 radical (unpaired) electrons. The summed E-state index contributed by atoms with van der Waals surface area (Å²) in [5, 5.41) is 12.1. The van der Waals surface area contributed by atoms with Crippen LogP contribution in [0.1, 0.15) is 25.7 Å². The van der Waals surface area contributed by atoms with Gasteiger partial charge in [0.25, 0.3) is 0 Å². The minimum absolute atomic E-state index is 0.102. The Morgan fingerprint density at radius 1 is 1.67 bits per heavy atom. The van der Waals surface area contributed by atoms with Crippen LogP contribution in [0.2, 0.25) is 0 Å². The Morgan fingerprint density at radius 2 is 2.42 bits per heavy atom. The Kier molecular flexibility index (Phi) is 4.49. The second kappa shape index (κ2) is 5.45. The lowest BCUT2D eigenvalue weighted by atomic mass is 10.2. The highest BCUT2D eigenvalue weighted by molar-refractivity contribution is 7.98. The highest BCUT2D eigenvalue weighted by Crippen LogP contribution is 2.20. The maximum Gasteiger partial charge on any atom is 0.0955 e. The van der Waals surface area contributed by atoms with E-state index in [9.17, 15) is 0 Å². The van der Waals surface area contributed by atoms with E-state index in [0.717, 1.165) is 12.8 Å². The number of thioether (sulfide) groups is 1. The van der Waals surface area contributed by atoms with Crippen molar-refractivity contribution >= 4 is 11.8 Å². The van der Waals surface area contributed by atoms with Crippen molar-refractivity contribution in [3.8, 4) is 6.07 Å². The first-order valence-electron chi connectivity index (χ1n) is 4.51. The van der Waals surface area contributed by atoms with Crippen LogP contribution in [-0.4, -0.2) is 24.1 Å². The quantitative estimate of drug-likeness (QED) is 0.639. The van der Waals surface area contributed by atoms with Crippen molar-refractivity contribution in [2.75, 3.05) is 12.0 Å². The molecule has 0 aromatic heterocycles. The summed E-state index contributed by atoms with van der Waals surface area (Å²) in [5.74, 6) is 1.17. The zero-order valence-corrected chi connectivity index (χ0v) is 8.36. The fourth-order valence-electron chi connectivity index (χ4n) is 1.15. The lowest BCUT2D eigenvalue weighted by Crippen LogP contribution is -2.29. The van der Waals surface area contributed by atoms with E-state index >= 15 is 0 Å². The Balaban J connectivity index is 2.04. The number of nitrogens with zero attached hydrogens (tertiary/aromatic N) is 1. The van der Waals surface area contributed by atoms with Gasteiger partial charge in [0.1, 0.15) is 0 Å². The summed E-state index contributed by atoms with van der Waals surface area (Å²) in [7, 11) is 0. The van der Waals surface area contributed by atoms with Crippen LogP contribution in [0.5, 0.6) is 0 Å². The molecule has 0 saturated heterocycles. The third-order valence-electron chi connectivity index (χ3n) is 2.01. The van der Waals surface area contributed by atoms with Crippen molar-refractivity contribution in [2.45, 2.75) is 37.8 Å². The third-order valence-corrected chi connectivity index (χ3v) is 2.71. The van der Waals surface area contributed by atoms with Gasteiger partial charge in [0.15, 0.2) is 0 Å². The van der Waals surface area contributed by atoms with E-state index in [-0.39, 0.29) is 6.04 Å². The predicted octanol–water partition coefficient (Wildman–Crippen LogP) is 1.77. The predicted molar refractivity (Wildman–Crippen MR) is 53.2 cm³/mol. The molecule has 0 aliphatic heterocycles. The van der Waals surface area contributed by atoms with Crippen molar-refractivity contribution in [1.82, 2.24) is 5.32 Å². The minimum Gasteiger partial charge on any atom is -0.299 e. The van der Waals surface area contributed by atoms with E-state index in [1.165, 1.54) is 18.6 Å². The smallest absolute Gasteiger partial charge is 0.0955 e. The van der Waals surface area contributed by atoms with Gasteiger partial charge in [-0.05, 0) is 37.7 Å². The van der Waals surface area contributed by atoms with Gasteiger partial charge in [-0.15, -0.1) is 0 Å². The van der Waals surface area contributed by atoms with Crippen LogP contribution in [0.25, 0.3) is 0 Å². The molecule has 3 heteroatoms. The molecule has 0 amide bonds. The van der Waals surface area contributed by atoms with Crippen molar-refractivity contribution in [3.63, 3.8) is 0 Å². The zero-order chi connectivity index (χ0) is 8.81. The van der Waals surface area contributed by atoms with Crippen LogP contribution in [-0.2, 0) is 0 Å². The number of nitrogens with one attached hydrogen (secondary N) is 1. The Bertz CT molecular complexity index is 160. The molecule has 0 bridgehead atoms. The van der Waals surface area contributed by atoms with Crippen molar-refractivity contribution < 1.29 is 0 Å². The van der Waals surface area contributed by atoms with Crippen LogP contribution in [0.3, 0.4) is 0 Å². The van der Waals surface area contributed by atoms with Gasteiger partial charge in [-0.25, -0.2) is 0 Å². The van der Waals surface area contributed by atoms with Gasteiger partial charge in [-0.2, -0.15) is 17.0 Å². The summed E-state index contributed by atoms with van der Waals surface area (Å²) in [6, 6.07) is 3.07. The average Bonchev–Trinajstić information content (AvgIpc) is 2.87. The van der Waals surface area contributed by atoms with E-state index in [2.05, 4.69) is 17.6 Å². The standard InChI is InChI=1S/C9H16N2S/c1-12-6-2-3-9(7-10)11-8-4-5-8/h8-9,11H,2-6H2,1H3. The molecule has 1 N–H and O–H groups in total. The third kappa shape index (κ3) is 3.99. The van der Waals surface area contributed by atoms with Crippen LogP contribution in [0.15, 0.2) is 0 Å². The SMILES string of the molecule is CSCCCC(C#N)NC1CC1. The molecule has 2 nitrogen and oxygen atoms in total. The fraction of sp³-hybridized carbons (Fsp3) is 0.889. The molecule has 1 fully saturated rings. The van der Waals surface area contributed by atoms with Crippen molar-refractivity contribution in [3.05, 3.63) is 0 Å². The summed E-state index contributed by atoms with van der Waals surface area (Å²) in [4.78, 5) is 0. The van der Waals surface area contributed by atoms with E-state index in [4.69, 9.17) is 5.26 Å². The maximum atomic E-state index is 8.78. The summed E-state index contributed by atoms with van der Waals surface area (Å²) in [6.07, 6.45) is 6.80. The molecular weight excluding hydrogens is 168 g/mol. The van der Waals surface area contributed by atoms with Crippen molar-refractivity contribution in [2.24, 2.45) is 0 Å². The maximum absolute atomic E-state index is 8.78. The first kappa shape index (κ1) is 9.88. The van der Waals surface area contributed by atoms with Gasteiger partial charge in [-0.1, -0.05) is 0 Å². The Hall–Kier alpha value is -0.200. The van der Waals surface area contributed by atoms with Crippen LogP contribution in [0, 0.1) is 11.3 Å². The number of rotatable bonds is 6. The molecule has 1 atom stereocenters. The average molecular weight is 184 g/mol. The molecule has 12 heavy (non-hydrogen) atoms. The first-order valence-corrected chi connectivity index (χ1v) is 5.91. The largest absolute Gasteiger partial charge is 0.299 e. The first-order chi connectivity index (χ1) is 5.86. The normalized spacial score (nSPS) is 18.7. The molecule has 0 spiro atoms. The van der Waals surface area contributed by atoms with Gasteiger partial charge < -0.3 is 0 Å². The summed E-state index contributed by atoms with van der Waals surface area (Å²) in [5.41, 5.74) is 0. The van der Waals surface area contributed by atoms with E-state index in [1.807, 2.05) is 11.8 Å². The summed E-state index contributed by atoms with van der Waals surface area (Å²) < 4.78 is 0. The van der Waals surface area contributed by atoms with Gasteiger partial charge in [0.05, 0.1) is 12.1 Å². The Labute approximate surface area is 78.7 Å². The van der Waals surface area contributed by atoms with Gasteiger partial charge in [0, 0.05) is 6.04 Å². The summed E-state index contributed by atoms with van der Waals surface area (Å²) >= 11 is 1.85. The van der Waals surface area contributed by atoms with Gasteiger partial charge in [-0.3, -0.25) is 5.32 Å². The second-order valence-corrected chi connectivity index (χ2v) is 4.24. The molecule has 1 aliphatic rings. The molecule has 1 saturated carbocycles. The summed E-state index contributed by atoms with van der Waals surface area (Å²) in [6.45, 7) is 0. The monoisotopic (exact) mass is 184 g/mol. The Morgan fingerprint density at radius 3 is 2.92 bits per heavy atom. The molecule has 0 aromatic rings. The van der Waals surface area contributed by atoms with Gasteiger partial charge in [0.2, 0.25) is 0 Å². The topological polar surface area (TPSA) is 35.8 Å². The lowest BCUT2D eigenvalue weighted by Gasteiger charge is -2.09. The zero-order valence-electron chi connectivity index (χ0n) is 7.55. The molecular formula is C9H16N2S. The van der Waals surface area contributed by atoms with E-state index < -0.39 is 0 Å². The lowest BCUT2D eigenvalue weighted by molar-refractivity contribution is 0.557.